The Balaban J connectivity index is 1.88. The Labute approximate surface area is 135 Å². The predicted octanol–water partition coefficient (Wildman–Crippen LogP) is 1.91. The minimum absolute atomic E-state index is 0.189. The molecule has 0 amide bonds. The Morgan fingerprint density at radius 3 is 2.96 bits per heavy atom. The number of ether oxygens (including phenoxy) is 3. The molecule has 23 heavy (non-hydrogen) atoms. The minimum atomic E-state index is -0.955. The largest absolute Gasteiger partial charge is 0.490 e. The summed E-state index contributed by atoms with van der Waals surface area (Å²) >= 11 is 0. The summed E-state index contributed by atoms with van der Waals surface area (Å²) in [6.07, 6.45) is 2.30. The monoisotopic (exact) mass is 321 g/mol. The number of benzene rings is 1. The first kappa shape index (κ1) is 16.1. The van der Waals surface area contributed by atoms with Gasteiger partial charge in [-0.25, -0.2) is 0 Å². The van der Waals surface area contributed by atoms with Gasteiger partial charge in [0, 0.05) is 25.6 Å². The summed E-state index contributed by atoms with van der Waals surface area (Å²) in [6, 6.07) is 5.80. The number of aliphatic carboxylic acids is 1. The molecule has 3 rings (SSSR count). The van der Waals surface area contributed by atoms with E-state index in [9.17, 15) is 9.90 Å². The lowest BCUT2D eigenvalue weighted by molar-refractivity contribution is -0.153. The fourth-order valence-electron chi connectivity index (χ4n) is 3.46. The van der Waals surface area contributed by atoms with E-state index in [1.807, 2.05) is 23.1 Å². The molecule has 1 saturated heterocycles. The van der Waals surface area contributed by atoms with Crippen LogP contribution in [0.5, 0.6) is 11.5 Å². The van der Waals surface area contributed by atoms with E-state index in [0.717, 1.165) is 36.4 Å². The second kappa shape index (κ2) is 6.76. The van der Waals surface area contributed by atoms with Crippen molar-refractivity contribution >= 4 is 5.97 Å². The molecule has 0 spiro atoms. The van der Waals surface area contributed by atoms with E-state index < -0.39 is 11.5 Å². The summed E-state index contributed by atoms with van der Waals surface area (Å²) in [5, 5.41) is 9.75. The van der Waals surface area contributed by atoms with Crippen LogP contribution in [0.3, 0.4) is 0 Å². The van der Waals surface area contributed by atoms with E-state index in [-0.39, 0.29) is 6.61 Å². The van der Waals surface area contributed by atoms with Crippen molar-refractivity contribution in [2.45, 2.75) is 31.3 Å². The fraction of sp³-hybridized carbons (Fsp3) is 0.588. The molecule has 0 bridgehead atoms. The number of carboxylic acids is 1. The topological polar surface area (TPSA) is 68.2 Å². The minimum Gasteiger partial charge on any atom is -0.490 e. The van der Waals surface area contributed by atoms with Crippen molar-refractivity contribution in [2.24, 2.45) is 0 Å². The number of fused-ring (bicyclic) bond motifs is 1. The zero-order chi connectivity index (χ0) is 16.3. The molecule has 0 aromatic heterocycles. The van der Waals surface area contributed by atoms with Crippen molar-refractivity contribution in [2.75, 3.05) is 33.5 Å². The van der Waals surface area contributed by atoms with Gasteiger partial charge in [0.25, 0.3) is 0 Å². The summed E-state index contributed by atoms with van der Waals surface area (Å²) in [5.74, 6) is 0.663. The molecular weight excluding hydrogens is 298 g/mol. The SMILES string of the molecule is COCC1(C(=O)O)CCCN1Cc1cccc2c1OCCCO2. The number of para-hydroxylation sites is 1. The molecule has 2 heterocycles. The molecule has 0 radical (unpaired) electrons. The van der Waals surface area contributed by atoms with Crippen LogP contribution in [0.25, 0.3) is 0 Å². The molecule has 6 nitrogen and oxygen atoms in total. The zero-order valence-electron chi connectivity index (χ0n) is 13.4. The highest BCUT2D eigenvalue weighted by Gasteiger charge is 2.48. The lowest BCUT2D eigenvalue weighted by Crippen LogP contribution is -2.53. The van der Waals surface area contributed by atoms with Gasteiger partial charge in [-0.2, -0.15) is 0 Å². The van der Waals surface area contributed by atoms with Gasteiger partial charge in [-0.3, -0.25) is 9.69 Å². The number of hydrogen-bond donors (Lipinski definition) is 1. The van der Waals surface area contributed by atoms with Crippen molar-refractivity contribution < 1.29 is 24.1 Å². The highest BCUT2D eigenvalue weighted by molar-refractivity contribution is 5.79. The predicted molar refractivity (Wildman–Crippen MR) is 83.9 cm³/mol. The van der Waals surface area contributed by atoms with Gasteiger partial charge in [0.2, 0.25) is 0 Å². The average Bonchev–Trinajstić information content (AvgIpc) is 2.78. The van der Waals surface area contributed by atoms with Crippen LogP contribution in [0.2, 0.25) is 0 Å². The van der Waals surface area contributed by atoms with Crippen LogP contribution in [0.4, 0.5) is 0 Å². The van der Waals surface area contributed by atoms with Gasteiger partial charge in [0.1, 0.15) is 5.54 Å². The Bertz CT molecular complexity index is 576. The molecule has 1 N–H and O–H groups in total. The number of carboxylic acid groups (broad SMARTS) is 1. The number of methoxy groups -OCH3 is 1. The fourth-order valence-corrected chi connectivity index (χ4v) is 3.46. The third kappa shape index (κ3) is 3.01. The Hall–Kier alpha value is -1.79. The normalized spacial score (nSPS) is 24.4. The molecule has 1 aromatic rings. The van der Waals surface area contributed by atoms with Gasteiger partial charge < -0.3 is 19.3 Å². The van der Waals surface area contributed by atoms with Crippen LogP contribution >= 0.6 is 0 Å². The molecular formula is C17H23NO5. The summed E-state index contributed by atoms with van der Waals surface area (Å²) in [4.78, 5) is 13.9. The van der Waals surface area contributed by atoms with Gasteiger partial charge in [0.05, 0.1) is 19.8 Å². The third-order valence-corrected chi connectivity index (χ3v) is 4.62. The molecule has 126 valence electrons. The second-order valence-electron chi connectivity index (χ2n) is 6.09. The highest BCUT2D eigenvalue weighted by Crippen LogP contribution is 2.37. The molecule has 2 aliphatic rings. The number of carbonyl (C=O) groups is 1. The van der Waals surface area contributed by atoms with Gasteiger partial charge >= 0.3 is 5.97 Å². The molecule has 1 atom stereocenters. The van der Waals surface area contributed by atoms with Gasteiger partial charge in [-0.1, -0.05) is 12.1 Å². The first-order valence-corrected chi connectivity index (χ1v) is 8.02. The van der Waals surface area contributed by atoms with Gasteiger partial charge in [-0.15, -0.1) is 0 Å². The van der Waals surface area contributed by atoms with E-state index in [1.165, 1.54) is 0 Å². The van der Waals surface area contributed by atoms with Crippen molar-refractivity contribution in [3.8, 4) is 11.5 Å². The first-order chi connectivity index (χ1) is 11.2. The van der Waals surface area contributed by atoms with Crippen LogP contribution in [0.15, 0.2) is 18.2 Å². The van der Waals surface area contributed by atoms with E-state index >= 15 is 0 Å². The quantitative estimate of drug-likeness (QED) is 0.893. The molecule has 1 unspecified atom stereocenters. The lowest BCUT2D eigenvalue weighted by atomic mass is 9.96. The van der Waals surface area contributed by atoms with Crippen LogP contribution in [-0.2, 0) is 16.1 Å². The third-order valence-electron chi connectivity index (χ3n) is 4.62. The first-order valence-electron chi connectivity index (χ1n) is 8.02. The van der Waals surface area contributed by atoms with Crippen LogP contribution in [-0.4, -0.2) is 55.0 Å². The summed E-state index contributed by atoms with van der Waals surface area (Å²) in [5.41, 5.74) is 0.0105. The van der Waals surface area contributed by atoms with E-state index in [0.29, 0.717) is 26.2 Å². The average molecular weight is 321 g/mol. The highest BCUT2D eigenvalue weighted by atomic mass is 16.5. The second-order valence-corrected chi connectivity index (χ2v) is 6.09. The van der Waals surface area contributed by atoms with Crippen molar-refractivity contribution in [3.05, 3.63) is 23.8 Å². The Morgan fingerprint density at radius 2 is 2.17 bits per heavy atom. The molecule has 2 aliphatic heterocycles. The molecule has 6 heteroatoms. The van der Waals surface area contributed by atoms with Crippen LogP contribution in [0.1, 0.15) is 24.8 Å². The Morgan fingerprint density at radius 1 is 1.35 bits per heavy atom. The van der Waals surface area contributed by atoms with Gasteiger partial charge in [-0.05, 0) is 25.5 Å². The van der Waals surface area contributed by atoms with Crippen molar-refractivity contribution in [1.82, 2.24) is 4.90 Å². The van der Waals surface area contributed by atoms with E-state index in [1.54, 1.807) is 7.11 Å². The zero-order valence-corrected chi connectivity index (χ0v) is 13.4. The van der Waals surface area contributed by atoms with Crippen LogP contribution < -0.4 is 9.47 Å². The van der Waals surface area contributed by atoms with Gasteiger partial charge in [0.15, 0.2) is 11.5 Å². The number of likely N-dealkylation sites (tertiary alicyclic amines) is 1. The smallest absolute Gasteiger partial charge is 0.326 e. The molecule has 0 aliphatic carbocycles. The maximum absolute atomic E-state index is 11.9. The maximum Gasteiger partial charge on any atom is 0.326 e. The van der Waals surface area contributed by atoms with Crippen molar-refractivity contribution in [1.29, 1.82) is 0 Å². The summed E-state index contributed by atoms with van der Waals surface area (Å²) in [7, 11) is 1.55. The lowest BCUT2D eigenvalue weighted by Gasteiger charge is -2.34. The Kier molecular flexibility index (Phi) is 4.73. The summed E-state index contributed by atoms with van der Waals surface area (Å²) in [6.45, 7) is 2.70. The number of nitrogens with zero attached hydrogens (tertiary/aromatic N) is 1. The van der Waals surface area contributed by atoms with Crippen molar-refractivity contribution in [3.63, 3.8) is 0 Å². The number of rotatable bonds is 5. The maximum atomic E-state index is 11.9. The molecule has 1 fully saturated rings. The standard InChI is InChI=1S/C17H23NO5/c1-21-12-17(16(19)20)7-3-8-18(17)11-13-5-2-6-14-15(13)23-10-4-9-22-14/h2,5-6H,3-4,7-12H2,1H3,(H,19,20). The molecule has 1 aromatic carbocycles. The summed E-state index contributed by atoms with van der Waals surface area (Å²) < 4.78 is 16.8. The molecule has 0 saturated carbocycles. The number of hydrogen-bond acceptors (Lipinski definition) is 5. The van der Waals surface area contributed by atoms with Crippen LogP contribution in [0, 0.1) is 0 Å². The van der Waals surface area contributed by atoms with E-state index in [4.69, 9.17) is 14.2 Å². The van der Waals surface area contributed by atoms with E-state index in [2.05, 4.69) is 0 Å².